The van der Waals surface area contributed by atoms with E-state index in [4.69, 9.17) is 21.1 Å². The van der Waals surface area contributed by atoms with Crippen molar-refractivity contribution in [3.63, 3.8) is 0 Å². The van der Waals surface area contributed by atoms with E-state index < -0.39 is 34.4 Å². The Bertz CT molecular complexity index is 1390. The molecule has 2 saturated heterocycles. The summed E-state index contributed by atoms with van der Waals surface area (Å²) in [6.45, 7) is -0.0237. The van der Waals surface area contributed by atoms with Crippen LogP contribution in [0.1, 0.15) is 19.3 Å². The van der Waals surface area contributed by atoms with Crippen molar-refractivity contribution in [2.45, 2.75) is 48.5 Å². The van der Waals surface area contributed by atoms with E-state index >= 15 is 0 Å². The number of sulfonamides is 1. The highest BCUT2D eigenvalue weighted by Crippen LogP contribution is 2.32. The molecule has 39 heavy (non-hydrogen) atoms. The first kappa shape index (κ1) is 27.8. The van der Waals surface area contributed by atoms with Crippen LogP contribution in [0.4, 0.5) is 5.69 Å². The van der Waals surface area contributed by atoms with Crippen LogP contribution in [0.15, 0.2) is 83.8 Å². The number of nitrogens with one attached hydrogen (secondary N) is 1. The summed E-state index contributed by atoms with van der Waals surface area (Å²) in [5.41, 5.74) is 2.85. The summed E-state index contributed by atoms with van der Waals surface area (Å²) in [6, 6.07) is 23.2. The molecule has 3 aromatic rings. The van der Waals surface area contributed by atoms with Gasteiger partial charge in [0.2, 0.25) is 15.9 Å². The normalized spacial score (nSPS) is 24.3. The van der Waals surface area contributed by atoms with E-state index in [1.807, 2.05) is 54.6 Å². The Balaban J connectivity index is 1.24. The van der Waals surface area contributed by atoms with Gasteiger partial charge in [-0.15, -0.1) is 0 Å². The molecular weight excluding hydrogens is 540 g/mol. The van der Waals surface area contributed by atoms with Gasteiger partial charge in [0.25, 0.3) is 0 Å². The number of aliphatic hydroxyl groups excluding tert-OH is 1. The predicted molar refractivity (Wildman–Crippen MR) is 149 cm³/mol. The summed E-state index contributed by atoms with van der Waals surface area (Å²) in [5, 5.41) is 13.6. The summed E-state index contributed by atoms with van der Waals surface area (Å²) >= 11 is 6.06. The van der Waals surface area contributed by atoms with Crippen LogP contribution in [0.25, 0.3) is 11.1 Å². The van der Waals surface area contributed by atoms with Crippen molar-refractivity contribution in [1.82, 2.24) is 4.31 Å². The van der Waals surface area contributed by atoms with E-state index in [1.54, 1.807) is 12.1 Å². The minimum absolute atomic E-state index is 0.0156. The number of ether oxygens (including phenoxy) is 2. The van der Waals surface area contributed by atoms with E-state index in [-0.39, 0.29) is 37.0 Å². The van der Waals surface area contributed by atoms with E-state index in [0.29, 0.717) is 23.6 Å². The minimum Gasteiger partial charge on any atom is -0.389 e. The van der Waals surface area contributed by atoms with Crippen LogP contribution in [0, 0.1) is 0 Å². The fourth-order valence-electron chi connectivity index (χ4n) is 5.13. The molecule has 2 heterocycles. The number of fused-ring (bicyclic) bond motifs is 1. The topological polar surface area (TPSA) is 105 Å². The molecule has 5 rings (SSSR count). The second-order valence-corrected chi connectivity index (χ2v) is 12.2. The van der Waals surface area contributed by atoms with Gasteiger partial charge in [0, 0.05) is 17.3 Å². The van der Waals surface area contributed by atoms with Gasteiger partial charge in [0.15, 0.2) is 0 Å². The fraction of sp³-hybridized carbons (Fsp3) is 0.345. The maximum Gasteiger partial charge on any atom is 0.243 e. The van der Waals surface area contributed by atoms with E-state index in [2.05, 4.69) is 5.32 Å². The monoisotopic (exact) mass is 570 g/mol. The van der Waals surface area contributed by atoms with Crippen molar-refractivity contribution in [2.24, 2.45) is 0 Å². The molecule has 0 bridgehead atoms. The molecule has 0 aromatic heterocycles. The second-order valence-electron chi connectivity index (χ2n) is 9.86. The Hall–Kier alpha value is -2.79. The highest BCUT2D eigenvalue weighted by atomic mass is 35.5. The number of rotatable bonds is 6. The summed E-state index contributed by atoms with van der Waals surface area (Å²) in [7, 11) is -3.96. The molecule has 3 aromatic carbocycles. The lowest BCUT2D eigenvalue weighted by Crippen LogP contribution is -2.57. The van der Waals surface area contributed by atoms with Gasteiger partial charge in [0.05, 0.1) is 48.9 Å². The Kier molecular flexibility index (Phi) is 8.66. The lowest BCUT2D eigenvalue weighted by Gasteiger charge is -2.43. The molecule has 0 aliphatic carbocycles. The molecule has 2 aliphatic rings. The largest absolute Gasteiger partial charge is 0.389 e. The molecule has 1 amide bonds. The number of carbonyl (C=O) groups excluding carboxylic acids is 1. The van der Waals surface area contributed by atoms with Gasteiger partial charge in [-0.05, 0) is 54.3 Å². The zero-order valence-corrected chi connectivity index (χ0v) is 22.9. The third-order valence-electron chi connectivity index (χ3n) is 7.03. The van der Waals surface area contributed by atoms with Crippen molar-refractivity contribution < 1.29 is 27.8 Å². The minimum atomic E-state index is -3.96. The maximum atomic E-state index is 13.6. The molecule has 0 saturated carbocycles. The lowest BCUT2D eigenvalue weighted by molar-refractivity contribution is -0.144. The SMILES string of the molecule is O=C(C[C@@H]1CC[C@@H]2[C@H](COC[C@@H](O)CN2S(=O)(=O)c2cccc(Cl)c2)O1)Nc1ccc(-c2ccccc2)cc1. The Morgan fingerprint density at radius 2 is 1.72 bits per heavy atom. The summed E-state index contributed by atoms with van der Waals surface area (Å²) in [5.74, 6) is -0.184. The molecule has 8 nitrogen and oxygen atoms in total. The number of amides is 1. The van der Waals surface area contributed by atoms with Gasteiger partial charge in [-0.3, -0.25) is 4.79 Å². The number of halogens is 1. The van der Waals surface area contributed by atoms with Gasteiger partial charge in [0.1, 0.15) is 0 Å². The molecule has 2 aliphatic heterocycles. The van der Waals surface area contributed by atoms with Crippen LogP contribution >= 0.6 is 11.6 Å². The maximum absolute atomic E-state index is 13.6. The molecule has 0 spiro atoms. The number of β-amino-alcohol motifs (C(OH)–C–C–N with tert-alkyl or cyclic N) is 1. The van der Waals surface area contributed by atoms with Crippen molar-refractivity contribution in [3.8, 4) is 11.1 Å². The van der Waals surface area contributed by atoms with Gasteiger partial charge in [-0.1, -0.05) is 60.1 Å². The van der Waals surface area contributed by atoms with Crippen LogP contribution in [0.2, 0.25) is 5.02 Å². The zero-order valence-electron chi connectivity index (χ0n) is 21.3. The number of hydrogen-bond acceptors (Lipinski definition) is 6. The number of anilines is 1. The predicted octanol–water partition coefficient (Wildman–Crippen LogP) is 4.33. The van der Waals surface area contributed by atoms with Crippen LogP contribution in [0.3, 0.4) is 0 Å². The van der Waals surface area contributed by atoms with Crippen molar-refractivity contribution in [3.05, 3.63) is 83.9 Å². The lowest BCUT2D eigenvalue weighted by atomic mass is 9.96. The first-order chi connectivity index (χ1) is 18.8. The standard InChI is InChI=1S/C29H31ClN2O6S/c30-22-7-4-8-26(15-22)39(35,36)32-17-24(33)18-37-19-28-27(32)14-13-25(38-28)16-29(34)31-23-11-9-21(10-12-23)20-5-2-1-3-6-20/h1-12,15,24-25,27-28,33H,13-14,16-19H2,(H,31,34)/t24-,25-,27+,28-/m0/s1. The Morgan fingerprint density at radius 3 is 2.46 bits per heavy atom. The van der Waals surface area contributed by atoms with Gasteiger partial charge >= 0.3 is 0 Å². The highest BCUT2D eigenvalue weighted by Gasteiger charge is 2.43. The Morgan fingerprint density at radius 1 is 0.974 bits per heavy atom. The van der Waals surface area contributed by atoms with Crippen molar-refractivity contribution in [2.75, 3.05) is 25.1 Å². The van der Waals surface area contributed by atoms with Gasteiger partial charge < -0.3 is 19.9 Å². The van der Waals surface area contributed by atoms with E-state index in [0.717, 1.165) is 11.1 Å². The number of nitrogens with zero attached hydrogens (tertiary/aromatic N) is 1. The average Bonchev–Trinajstić information content (AvgIpc) is 2.92. The zero-order chi connectivity index (χ0) is 27.4. The average molecular weight is 571 g/mol. The molecule has 2 N–H and O–H groups in total. The molecule has 10 heteroatoms. The van der Waals surface area contributed by atoms with Crippen LogP contribution in [-0.2, 0) is 24.3 Å². The van der Waals surface area contributed by atoms with Crippen LogP contribution < -0.4 is 5.32 Å². The summed E-state index contributed by atoms with van der Waals surface area (Å²) in [4.78, 5) is 12.9. The third kappa shape index (κ3) is 6.69. The van der Waals surface area contributed by atoms with E-state index in [9.17, 15) is 18.3 Å². The van der Waals surface area contributed by atoms with Crippen molar-refractivity contribution >= 4 is 33.2 Å². The number of hydrogen-bond donors (Lipinski definition) is 2. The quantitative estimate of drug-likeness (QED) is 0.457. The molecule has 0 radical (unpaired) electrons. The highest BCUT2D eigenvalue weighted by molar-refractivity contribution is 7.89. The number of carbonyl (C=O) groups is 1. The van der Waals surface area contributed by atoms with Crippen LogP contribution in [0.5, 0.6) is 0 Å². The summed E-state index contributed by atoms with van der Waals surface area (Å²) in [6.07, 6.45) is -0.866. The molecular formula is C29H31ClN2O6S. The third-order valence-corrected chi connectivity index (χ3v) is 9.15. The van der Waals surface area contributed by atoms with Gasteiger partial charge in [-0.25, -0.2) is 8.42 Å². The smallest absolute Gasteiger partial charge is 0.243 e. The number of aliphatic hydroxyl groups is 1. The second kappa shape index (κ2) is 12.2. The molecule has 0 unspecified atom stereocenters. The van der Waals surface area contributed by atoms with Crippen molar-refractivity contribution in [1.29, 1.82) is 0 Å². The molecule has 206 valence electrons. The number of benzene rings is 3. The first-order valence-electron chi connectivity index (χ1n) is 12.9. The van der Waals surface area contributed by atoms with E-state index in [1.165, 1.54) is 16.4 Å². The Labute approximate surface area is 233 Å². The first-order valence-corrected chi connectivity index (χ1v) is 14.8. The molecule has 4 atom stereocenters. The van der Waals surface area contributed by atoms with Gasteiger partial charge in [-0.2, -0.15) is 4.31 Å². The molecule has 2 fully saturated rings. The van der Waals surface area contributed by atoms with Crippen LogP contribution in [-0.4, -0.2) is 67.8 Å². The summed E-state index contributed by atoms with van der Waals surface area (Å²) < 4.78 is 40.3. The fourth-order valence-corrected chi connectivity index (χ4v) is 7.15.